The number of thiazole rings is 1. The minimum Gasteiger partial charge on any atom is -0.450 e. The molecule has 29 heavy (non-hydrogen) atoms. The number of anilines is 2. The molecule has 1 aromatic carbocycles. The molecule has 2 aromatic rings. The molecule has 11 heteroatoms. The molecule has 0 spiro atoms. The van der Waals surface area contributed by atoms with Gasteiger partial charge in [-0.25, -0.2) is 9.78 Å². The third-order valence-electron chi connectivity index (χ3n) is 4.14. The summed E-state index contributed by atoms with van der Waals surface area (Å²) in [6, 6.07) is 4.52. The molecule has 1 aliphatic heterocycles. The number of nitrogens with zero attached hydrogens (tertiary/aromatic N) is 2. The van der Waals surface area contributed by atoms with E-state index in [-0.39, 0.29) is 18.8 Å². The maximum Gasteiger partial charge on any atom is 0.416 e. The van der Waals surface area contributed by atoms with Crippen LogP contribution in [0.15, 0.2) is 24.3 Å². The van der Waals surface area contributed by atoms with Crippen LogP contribution in [0.3, 0.4) is 0 Å². The number of rotatable bonds is 5. The lowest BCUT2D eigenvalue weighted by molar-refractivity contribution is -0.137. The highest BCUT2D eigenvalue weighted by Crippen LogP contribution is 2.31. The van der Waals surface area contributed by atoms with Gasteiger partial charge in [-0.3, -0.25) is 15.0 Å². The third kappa shape index (κ3) is 5.67. The van der Waals surface area contributed by atoms with Crippen LogP contribution < -0.4 is 10.6 Å². The normalized spacial score (nSPS) is 14.2. The molecule has 0 unspecified atom stereocenters. The minimum atomic E-state index is -4.47. The first-order valence-electron chi connectivity index (χ1n) is 8.86. The number of alkyl halides is 3. The molecule has 2 heterocycles. The van der Waals surface area contributed by atoms with Crippen LogP contribution in [0.1, 0.15) is 23.1 Å². The lowest BCUT2D eigenvalue weighted by Crippen LogP contribution is -2.36. The Morgan fingerprint density at radius 2 is 2.10 bits per heavy atom. The van der Waals surface area contributed by atoms with Crippen molar-refractivity contribution < 1.29 is 27.5 Å². The first kappa shape index (κ1) is 21.1. The van der Waals surface area contributed by atoms with Crippen LogP contribution >= 0.6 is 11.3 Å². The molecule has 0 aliphatic carbocycles. The van der Waals surface area contributed by atoms with Crippen molar-refractivity contribution in [2.45, 2.75) is 26.1 Å². The second kappa shape index (κ2) is 8.78. The smallest absolute Gasteiger partial charge is 0.416 e. The van der Waals surface area contributed by atoms with Gasteiger partial charge in [0.1, 0.15) is 0 Å². The molecule has 0 saturated carbocycles. The molecule has 0 atom stereocenters. The average molecular weight is 428 g/mol. The van der Waals surface area contributed by atoms with E-state index in [0.29, 0.717) is 24.6 Å². The highest BCUT2D eigenvalue weighted by atomic mass is 32.1. The number of aromatic nitrogens is 1. The van der Waals surface area contributed by atoms with Crippen molar-refractivity contribution in [3.8, 4) is 0 Å². The average Bonchev–Trinajstić information content (AvgIpc) is 3.02. The van der Waals surface area contributed by atoms with E-state index >= 15 is 0 Å². The zero-order valence-corrected chi connectivity index (χ0v) is 16.3. The molecule has 1 aromatic heterocycles. The SMILES string of the molecule is CCOC(=O)Nc1nc2c(s1)CN(CC(=O)Nc1cccc(C(F)(F)F)c1)CC2. The summed E-state index contributed by atoms with van der Waals surface area (Å²) >= 11 is 1.31. The first-order valence-corrected chi connectivity index (χ1v) is 9.68. The molecule has 2 amide bonds. The molecular formula is C18H19F3N4O3S. The van der Waals surface area contributed by atoms with Crippen LogP contribution in [0.2, 0.25) is 0 Å². The molecule has 0 bridgehead atoms. The summed E-state index contributed by atoms with van der Waals surface area (Å²) in [5.41, 5.74) is 0.141. The Labute approximate surface area is 168 Å². The van der Waals surface area contributed by atoms with Gasteiger partial charge in [-0.2, -0.15) is 13.2 Å². The second-order valence-electron chi connectivity index (χ2n) is 6.32. The summed E-state index contributed by atoms with van der Waals surface area (Å²) in [4.78, 5) is 30.9. The van der Waals surface area contributed by atoms with Crippen molar-refractivity contribution in [1.82, 2.24) is 9.88 Å². The molecule has 0 saturated heterocycles. The number of halogens is 3. The van der Waals surface area contributed by atoms with Gasteiger partial charge in [0.05, 0.1) is 24.4 Å². The van der Waals surface area contributed by atoms with E-state index in [4.69, 9.17) is 4.74 Å². The van der Waals surface area contributed by atoms with Crippen molar-refractivity contribution in [2.75, 3.05) is 30.3 Å². The molecule has 7 nitrogen and oxygen atoms in total. The Balaban J connectivity index is 1.57. The van der Waals surface area contributed by atoms with Crippen LogP contribution in [0.5, 0.6) is 0 Å². The van der Waals surface area contributed by atoms with Crippen LogP contribution in [0.25, 0.3) is 0 Å². The van der Waals surface area contributed by atoms with Crippen LogP contribution in [-0.2, 0) is 28.7 Å². The maximum atomic E-state index is 12.8. The fraction of sp³-hybridized carbons (Fsp3) is 0.389. The Bertz CT molecular complexity index is 901. The number of carbonyl (C=O) groups excluding carboxylic acids is 2. The minimum absolute atomic E-state index is 0.0359. The van der Waals surface area contributed by atoms with E-state index in [2.05, 4.69) is 15.6 Å². The molecule has 2 N–H and O–H groups in total. The van der Waals surface area contributed by atoms with Crippen LogP contribution in [0, 0.1) is 0 Å². The summed E-state index contributed by atoms with van der Waals surface area (Å²) in [5.74, 6) is -0.401. The Hall–Kier alpha value is -2.66. The fourth-order valence-electron chi connectivity index (χ4n) is 2.87. The van der Waals surface area contributed by atoms with Crippen molar-refractivity contribution in [1.29, 1.82) is 0 Å². The molecule has 0 fully saturated rings. The monoisotopic (exact) mass is 428 g/mol. The maximum absolute atomic E-state index is 12.8. The summed E-state index contributed by atoms with van der Waals surface area (Å²) in [6.07, 6.45) is -4.44. The van der Waals surface area contributed by atoms with E-state index < -0.39 is 23.7 Å². The van der Waals surface area contributed by atoms with Crippen molar-refractivity contribution in [2.24, 2.45) is 0 Å². The summed E-state index contributed by atoms with van der Waals surface area (Å²) in [5, 5.41) is 5.50. The lowest BCUT2D eigenvalue weighted by Gasteiger charge is -2.25. The molecule has 156 valence electrons. The number of fused-ring (bicyclic) bond motifs is 1. The zero-order chi connectivity index (χ0) is 21.0. The number of nitrogens with one attached hydrogen (secondary N) is 2. The summed E-state index contributed by atoms with van der Waals surface area (Å²) in [7, 11) is 0. The van der Waals surface area contributed by atoms with E-state index in [1.54, 1.807) is 6.92 Å². The number of carbonyl (C=O) groups is 2. The number of amides is 2. The predicted molar refractivity (Wildman–Crippen MR) is 102 cm³/mol. The van der Waals surface area contributed by atoms with Crippen LogP contribution in [0.4, 0.5) is 28.8 Å². The van der Waals surface area contributed by atoms with Crippen LogP contribution in [-0.4, -0.2) is 41.6 Å². The van der Waals surface area contributed by atoms with Gasteiger partial charge in [0, 0.05) is 30.1 Å². The second-order valence-corrected chi connectivity index (χ2v) is 7.41. The Morgan fingerprint density at radius 1 is 1.31 bits per heavy atom. The van der Waals surface area contributed by atoms with Crippen molar-refractivity contribution in [3.05, 3.63) is 40.4 Å². The number of ether oxygens (including phenoxy) is 1. The van der Waals surface area contributed by atoms with Gasteiger partial charge >= 0.3 is 12.3 Å². The first-order chi connectivity index (χ1) is 13.7. The molecule has 3 rings (SSSR count). The third-order valence-corrected chi connectivity index (χ3v) is 5.13. The Kier molecular flexibility index (Phi) is 6.38. The molecule has 0 radical (unpaired) electrons. The quantitative estimate of drug-likeness (QED) is 0.758. The van der Waals surface area contributed by atoms with Gasteiger partial charge in [-0.1, -0.05) is 17.4 Å². The van der Waals surface area contributed by atoms with E-state index in [9.17, 15) is 22.8 Å². The van der Waals surface area contributed by atoms with E-state index in [0.717, 1.165) is 22.7 Å². The fourth-order valence-corrected chi connectivity index (χ4v) is 3.90. The number of hydrogen-bond acceptors (Lipinski definition) is 6. The Morgan fingerprint density at radius 3 is 2.83 bits per heavy atom. The van der Waals surface area contributed by atoms with Gasteiger partial charge in [0.15, 0.2) is 5.13 Å². The van der Waals surface area contributed by atoms with E-state index in [1.165, 1.54) is 23.5 Å². The number of benzene rings is 1. The number of hydrogen-bond donors (Lipinski definition) is 2. The van der Waals surface area contributed by atoms with Gasteiger partial charge < -0.3 is 10.1 Å². The topological polar surface area (TPSA) is 83.6 Å². The summed E-state index contributed by atoms with van der Waals surface area (Å²) in [6.45, 7) is 3.04. The zero-order valence-electron chi connectivity index (χ0n) is 15.5. The van der Waals surface area contributed by atoms with E-state index in [1.807, 2.05) is 4.90 Å². The predicted octanol–water partition coefficient (Wildman–Crippen LogP) is 3.73. The molecule has 1 aliphatic rings. The largest absolute Gasteiger partial charge is 0.450 e. The van der Waals surface area contributed by atoms with Gasteiger partial charge in [-0.15, -0.1) is 0 Å². The van der Waals surface area contributed by atoms with Gasteiger partial charge in [0.25, 0.3) is 0 Å². The highest BCUT2D eigenvalue weighted by Gasteiger charge is 2.30. The summed E-state index contributed by atoms with van der Waals surface area (Å²) < 4.78 is 43.2. The van der Waals surface area contributed by atoms with Crippen molar-refractivity contribution in [3.63, 3.8) is 0 Å². The highest BCUT2D eigenvalue weighted by molar-refractivity contribution is 7.15. The lowest BCUT2D eigenvalue weighted by atomic mass is 10.1. The van der Waals surface area contributed by atoms with Crippen molar-refractivity contribution >= 4 is 34.2 Å². The van der Waals surface area contributed by atoms with Gasteiger partial charge in [0.2, 0.25) is 5.91 Å². The standard InChI is InChI=1S/C18H19F3N4O3S/c1-2-28-17(27)24-16-23-13-6-7-25(9-14(13)29-16)10-15(26)22-12-5-3-4-11(8-12)18(19,20)21/h3-5,8H,2,6-7,9-10H2,1H3,(H,22,26)(H,23,24,27). The van der Waals surface area contributed by atoms with Gasteiger partial charge in [-0.05, 0) is 25.1 Å². The molecular weight excluding hydrogens is 409 g/mol.